The van der Waals surface area contributed by atoms with Crippen LogP contribution in [0.3, 0.4) is 0 Å². The van der Waals surface area contributed by atoms with Crippen LogP contribution in [-0.2, 0) is 11.4 Å². The number of hydrogen-bond donors (Lipinski definition) is 1. The fraction of sp³-hybridized carbons (Fsp3) is 0.467. The van der Waals surface area contributed by atoms with Crippen molar-refractivity contribution in [3.63, 3.8) is 0 Å². The summed E-state index contributed by atoms with van der Waals surface area (Å²) in [5.74, 6) is 0.539. The molecule has 0 spiro atoms. The first-order valence-electron chi connectivity index (χ1n) is 7.48. The summed E-state index contributed by atoms with van der Waals surface area (Å²) in [6.07, 6.45) is 3.18. The van der Waals surface area contributed by atoms with Gasteiger partial charge in [0.2, 0.25) is 0 Å². The highest BCUT2D eigenvalue weighted by molar-refractivity contribution is 5.80. The third kappa shape index (κ3) is 2.93. The van der Waals surface area contributed by atoms with Gasteiger partial charge in [0.1, 0.15) is 6.61 Å². The number of rotatable bonds is 6. The van der Waals surface area contributed by atoms with Gasteiger partial charge in [-0.1, -0.05) is 24.2 Å². The van der Waals surface area contributed by atoms with Crippen LogP contribution < -0.4 is 5.69 Å². The number of aromatic nitrogens is 4. The molecule has 22 heavy (non-hydrogen) atoms. The van der Waals surface area contributed by atoms with E-state index in [1.54, 1.807) is 0 Å². The molecular formula is C15H19N5O2. The fourth-order valence-corrected chi connectivity index (χ4v) is 2.35. The second-order valence-electron chi connectivity index (χ2n) is 5.49. The van der Waals surface area contributed by atoms with Gasteiger partial charge >= 0.3 is 5.69 Å². The largest absolute Gasteiger partial charge is 0.391 e. The molecule has 1 aromatic heterocycles. The predicted molar refractivity (Wildman–Crippen MR) is 82.1 cm³/mol. The van der Waals surface area contributed by atoms with Crippen molar-refractivity contribution in [1.29, 1.82) is 0 Å². The highest BCUT2D eigenvalue weighted by Crippen LogP contribution is 2.42. The molecule has 1 heterocycles. The summed E-state index contributed by atoms with van der Waals surface area (Å²) in [7, 11) is 0. The average Bonchev–Trinajstić information content (AvgIpc) is 3.29. The Hall–Kier alpha value is -2.44. The summed E-state index contributed by atoms with van der Waals surface area (Å²) < 4.78 is 1.26. The first kappa shape index (κ1) is 14.5. The molecule has 0 radical (unpaired) electrons. The zero-order chi connectivity index (χ0) is 15.5. The molecule has 116 valence electrons. The van der Waals surface area contributed by atoms with E-state index in [0.29, 0.717) is 18.2 Å². The Balaban J connectivity index is 1.97. The molecule has 7 heteroatoms. The van der Waals surface area contributed by atoms with Crippen LogP contribution in [-0.4, -0.2) is 25.9 Å². The Morgan fingerprint density at radius 3 is 2.95 bits per heavy atom. The molecule has 0 aliphatic heterocycles. The Bertz CT molecular complexity index is 742. The molecule has 0 amide bonds. The van der Waals surface area contributed by atoms with E-state index in [2.05, 4.69) is 26.7 Å². The molecule has 1 fully saturated rings. The predicted octanol–water partition coefficient (Wildman–Crippen LogP) is 2.14. The lowest BCUT2D eigenvalue weighted by Crippen LogP contribution is -2.18. The van der Waals surface area contributed by atoms with Crippen LogP contribution in [0.4, 0.5) is 0 Å². The summed E-state index contributed by atoms with van der Waals surface area (Å²) in [5, 5.41) is 13.8. The van der Waals surface area contributed by atoms with Crippen LogP contribution in [0.15, 0.2) is 28.1 Å². The molecule has 1 aliphatic rings. The Morgan fingerprint density at radius 2 is 2.32 bits per heavy atom. The van der Waals surface area contributed by atoms with Crippen molar-refractivity contribution in [1.82, 2.24) is 20.2 Å². The van der Waals surface area contributed by atoms with Crippen molar-refractivity contribution in [2.24, 2.45) is 5.16 Å². The standard InChI is InChI=1S/C15H19N5O2/c1-3-10(2)17-22-9-13-12(11-7-8-11)5-4-6-14(13)20-15(21)16-18-19-20/h4-6,11H,3,7-9H2,1-2H3,(H,16,19,21). The van der Waals surface area contributed by atoms with Crippen molar-refractivity contribution in [2.45, 2.75) is 45.6 Å². The number of H-pyrrole nitrogens is 1. The Labute approximate surface area is 128 Å². The quantitative estimate of drug-likeness (QED) is 0.654. The van der Waals surface area contributed by atoms with Gasteiger partial charge in [-0.15, -0.1) is 0 Å². The number of hydrogen-bond acceptors (Lipinski definition) is 5. The molecule has 0 atom stereocenters. The molecule has 1 aliphatic carbocycles. The molecule has 7 nitrogen and oxygen atoms in total. The van der Waals surface area contributed by atoms with Crippen molar-refractivity contribution in [3.8, 4) is 5.69 Å². The first-order chi connectivity index (χ1) is 10.7. The number of benzene rings is 1. The van der Waals surface area contributed by atoms with E-state index in [0.717, 1.165) is 17.7 Å². The molecule has 0 saturated heterocycles. The third-order valence-corrected chi connectivity index (χ3v) is 3.85. The van der Waals surface area contributed by atoms with Gasteiger partial charge < -0.3 is 4.84 Å². The normalized spacial score (nSPS) is 15.1. The topological polar surface area (TPSA) is 85.2 Å². The number of nitrogens with zero attached hydrogens (tertiary/aromatic N) is 4. The van der Waals surface area contributed by atoms with E-state index in [-0.39, 0.29) is 5.69 Å². The number of nitrogens with one attached hydrogen (secondary N) is 1. The molecule has 1 aromatic carbocycles. The lowest BCUT2D eigenvalue weighted by atomic mass is 10.0. The summed E-state index contributed by atoms with van der Waals surface area (Å²) in [6.45, 7) is 4.27. The Morgan fingerprint density at radius 1 is 1.50 bits per heavy atom. The monoisotopic (exact) mass is 301 g/mol. The molecule has 1 saturated carbocycles. The highest BCUT2D eigenvalue weighted by atomic mass is 16.6. The maximum atomic E-state index is 11.8. The van der Waals surface area contributed by atoms with E-state index in [1.165, 1.54) is 23.1 Å². The van der Waals surface area contributed by atoms with Crippen LogP contribution in [0, 0.1) is 0 Å². The highest BCUT2D eigenvalue weighted by Gasteiger charge is 2.28. The van der Waals surface area contributed by atoms with Crippen LogP contribution >= 0.6 is 0 Å². The molecule has 3 rings (SSSR count). The van der Waals surface area contributed by atoms with Gasteiger partial charge in [-0.2, -0.15) is 4.68 Å². The van der Waals surface area contributed by atoms with E-state index < -0.39 is 0 Å². The van der Waals surface area contributed by atoms with Crippen molar-refractivity contribution >= 4 is 5.71 Å². The first-order valence-corrected chi connectivity index (χ1v) is 7.48. The van der Waals surface area contributed by atoms with Crippen LogP contribution in [0.1, 0.15) is 50.2 Å². The number of tetrazole rings is 1. The van der Waals surface area contributed by atoms with E-state index in [4.69, 9.17) is 4.84 Å². The molecule has 2 aromatic rings. The van der Waals surface area contributed by atoms with Gasteiger partial charge in [0, 0.05) is 5.56 Å². The van der Waals surface area contributed by atoms with Crippen molar-refractivity contribution in [2.75, 3.05) is 0 Å². The molecule has 0 bridgehead atoms. The maximum absolute atomic E-state index is 11.8. The SMILES string of the molecule is CCC(C)=NOCc1c(C2CC2)cccc1-n1nn[nH]c1=O. The number of oxime groups is 1. The molecule has 0 unspecified atom stereocenters. The van der Waals surface area contributed by atoms with E-state index in [9.17, 15) is 4.79 Å². The minimum Gasteiger partial charge on any atom is -0.391 e. The Kier molecular flexibility index (Phi) is 4.04. The van der Waals surface area contributed by atoms with E-state index in [1.807, 2.05) is 26.0 Å². The second-order valence-corrected chi connectivity index (χ2v) is 5.49. The smallest absolute Gasteiger partial charge is 0.365 e. The summed E-state index contributed by atoms with van der Waals surface area (Å²) >= 11 is 0. The van der Waals surface area contributed by atoms with Gasteiger partial charge in [0.05, 0.1) is 11.4 Å². The lowest BCUT2D eigenvalue weighted by molar-refractivity contribution is 0.129. The maximum Gasteiger partial charge on any atom is 0.365 e. The minimum absolute atomic E-state index is 0.318. The van der Waals surface area contributed by atoms with Gasteiger partial charge in [-0.25, -0.2) is 9.89 Å². The van der Waals surface area contributed by atoms with Gasteiger partial charge in [-0.05, 0) is 54.2 Å². The fourth-order valence-electron chi connectivity index (χ4n) is 2.35. The van der Waals surface area contributed by atoms with Crippen LogP contribution in [0.25, 0.3) is 5.69 Å². The van der Waals surface area contributed by atoms with Crippen molar-refractivity contribution in [3.05, 3.63) is 39.8 Å². The van der Waals surface area contributed by atoms with Crippen LogP contribution in [0.2, 0.25) is 0 Å². The van der Waals surface area contributed by atoms with Crippen molar-refractivity contribution < 1.29 is 4.84 Å². The minimum atomic E-state index is -0.359. The zero-order valence-corrected chi connectivity index (χ0v) is 12.7. The van der Waals surface area contributed by atoms with Crippen LogP contribution in [0.5, 0.6) is 0 Å². The summed E-state index contributed by atoms with van der Waals surface area (Å²) in [4.78, 5) is 17.3. The molecular weight excluding hydrogens is 282 g/mol. The van der Waals surface area contributed by atoms with Gasteiger partial charge in [0.15, 0.2) is 0 Å². The number of aromatic amines is 1. The average molecular weight is 301 g/mol. The summed E-state index contributed by atoms with van der Waals surface area (Å²) in [6, 6.07) is 5.88. The molecule has 1 N–H and O–H groups in total. The van der Waals surface area contributed by atoms with Gasteiger partial charge in [-0.3, -0.25) is 0 Å². The van der Waals surface area contributed by atoms with E-state index >= 15 is 0 Å². The lowest BCUT2D eigenvalue weighted by Gasteiger charge is -2.12. The zero-order valence-electron chi connectivity index (χ0n) is 12.7. The third-order valence-electron chi connectivity index (χ3n) is 3.85. The second kappa shape index (κ2) is 6.13. The summed E-state index contributed by atoms with van der Waals surface area (Å²) in [5.41, 5.74) is 3.43. The van der Waals surface area contributed by atoms with Gasteiger partial charge in [0.25, 0.3) is 0 Å².